The van der Waals surface area contributed by atoms with Gasteiger partial charge < -0.3 is 39.5 Å². The van der Waals surface area contributed by atoms with Crippen LogP contribution in [0, 0.1) is 12.7 Å². The summed E-state index contributed by atoms with van der Waals surface area (Å²) in [4.78, 5) is 48.9. The van der Waals surface area contributed by atoms with E-state index >= 15 is 0 Å². The summed E-state index contributed by atoms with van der Waals surface area (Å²) in [7, 11) is -16.8. The van der Waals surface area contributed by atoms with Crippen molar-refractivity contribution in [3.63, 3.8) is 0 Å². The Kier molecular flexibility index (Phi) is 7.60. The van der Waals surface area contributed by atoms with Crippen LogP contribution in [0.15, 0.2) is 11.0 Å². The minimum atomic E-state index is -5.74. The van der Waals surface area contributed by atoms with Gasteiger partial charge in [0.05, 0.1) is 12.2 Å². The van der Waals surface area contributed by atoms with Gasteiger partial charge in [-0.25, -0.2) is 18.1 Å². The number of ether oxygens (including phenoxy) is 1. The molecule has 19 heteroatoms. The van der Waals surface area contributed by atoms with Crippen molar-refractivity contribution in [3.05, 3.63) is 33.5 Å². The van der Waals surface area contributed by atoms with Crippen LogP contribution < -0.4 is 5.56 Å². The van der Waals surface area contributed by atoms with Gasteiger partial charge in [0, 0.05) is 11.8 Å². The van der Waals surface area contributed by atoms with E-state index in [-0.39, 0.29) is 11.1 Å². The second-order valence-corrected chi connectivity index (χ2v) is 10.4. The van der Waals surface area contributed by atoms with Gasteiger partial charge in [-0.1, -0.05) is 0 Å². The molecule has 172 valence electrons. The van der Waals surface area contributed by atoms with E-state index in [1.807, 2.05) is 0 Å². The molecule has 1 aromatic heterocycles. The zero-order chi connectivity index (χ0) is 23.1. The molecule has 0 saturated carbocycles. The van der Waals surface area contributed by atoms with Crippen molar-refractivity contribution in [2.45, 2.75) is 31.3 Å². The van der Waals surface area contributed by atoms with Crippen LogP contribution in [0.25, 0.3) is 0 Å². The Hall–Kier alpha value is -0.830. The molecule has 1 aliphatic rings. The zero-order valence-electron chi connectivity index (χ0n) is 14.8. The van der Waals surface area contributed by atoms with Crippen LogP contribution in [0.3, 0.4) is 0 Å². The third kappa shape index (κ3) is 6.34. The van der Waals surface area contributed by atoms with E-state index in [4.69, 9.17) is 19.4 Å². The van der Waals surface area contributed by atoms with Gasteiger partial charge in [0.2, 0.25) is 0 Å². The van der Waals surface area contributed by atoms with E-state index < -0.39 is 65.9 Å². The third-order valence-electron chi connectivity index (χ3n) is 3.77. The second-order valence-electron chi connectivity index (χ2n) is 5.98. The molecular weight excluding hydrogens is 482 g/mol. The third-order valence-corrected chi connectivity index (χ3v) is 7.57. The molecule has 3 unspecified atom stereocenters. The predicted molar refractivity (Wildman–Crippen MR) is 91.2 cm³/mol. The van der Waals surface area contributed by atoms with Crippen LogP contribution in [-0.4, -0.2) is 59.7 Å². The standard InChI is InChI=1S/C11H17FNO14P3/c1-4-7(12)5(2-13-11(4)16)10-9(15)8(14)6(25-10)3-24-29(20,21)27-30(22,23)26-28(17,18)19/h2,6,8-10,14-15H,3H2,1H3,(H,13,16)(H,20,21)(H,22,23)(H2,17,18,19)/t6-,8?,9+,10+/m1/s1. The average Bonchev–Trinajstić information content (AvgIpc) is 2.83. The number of phosphoric ester groups is 1. The van der Waals surface area contributed by atoms with Crippen LogP contribution in [-0.2, 0) is 31.6 Å². The minimum absolute atomic E-state index is 0.325. The summed E-state index contributed by atoms with van der Waals surface area (Å²) in [6, 6.07) is 0. The molecule has 2 heterocycles. The molecule has 2 rings (SSSR count). The number of hydrogen-bond acceptors (Lipinski definition) is 10. The molecule has 0 spiro atoms. The van der Waals surface area contributed by atoms with E-state index in [2.05, 4.69) is 18.1 Å². The van der Waals surface area contributed by atoms with E-state index in [1.165, 1.54) is 0 Å². The Balaban J connectivity index is 2.09. The first-order chi connectivity index (χ1) is 13.5. The number of hydrogen-bond donors (Lipinski definition) is 7. The van der Waals surface area contributed by atoms with Crippen molar-refractivity contribution >= 4 is 23.5 Å². The van der Waals surface area contributed by atoms with Crippen molar-refractivity contribution < 1.29 is 65.8 Å². The van der Waals surface area contributed by atoms with Crippen LogP contribution in [0.1, 0.15) is 17.2 Å². The van der Waals surface area contributed by atoms with Crippen molar-refractivity contribution in [2.24, 2.45) is 0 Å². The summed E-state index contributed by atoms with van der Waals surface area (Å²) < 4.78 is 64.3. The molecule has 0 amide bonds. The number of H-pyrrole nitrogens is 1. The number of pyridine rings is 1. The maximum Gasteiger partial charge on any atom is 0.490 e. The lowest BCUT2D eigenvalue weighted by Gasteiger charge is -2.19. The van der Waals surface area contributed by atoms with Gasteiger partial charge in [0.1, 0.15) is 30.2 Å². The largest absolute Gasteiger partial charge is 0.490 e. The number of phosphoric acid groups is 3. The quantitative estimate of drug-likeness (QED) is 0.219. The predicted octanol–water partition coefficient (Wildman–Crippen LogP) is -0.673. The molecule has 0 aliphatic carbocycles. The Morgan fingerprint density at radius 1 is 1.10 bits per heavy atom. The maximum absolute atomic E-state index is 14.3. The van der Waals surface area contributed by atoms with Crippen molar-refractivity contribution in [1.29, 1.82) is 0 Å². The molecule has 15 nitrogen and oxygen atoms in total. The number of aliphatic hydroxyl groups excluding tert-OH is 2. The lowest BCUT2D eigenvalue weighted by atomic mass is 10.0. The molecule has 0 radical (unpaired) electrons. The fraction of sp³-hybridized carbons (Fsp3) is 0.545. The minimum Gasteiger partial charge on any atom is -0.387 e. The summed E-state index contributed by atoms with van der Waals surface area (Å²) in [6.07, 6.45) is -5.77. The fourth-order valence-electron chi connectivity index (χ4n) is 2.45. The fourth-order valence-corrected chi connectivity index (χ4v) is 5.48. The van der Waals surface area contributed by atoms with E-state index in [0.717, 1.165) is 13.1 Å². The summed E-state index contributed by atoms with van der Waals surface area (Å²) >= 11 is 0. The highest BCUT2D eigenvalue weighted by Gasteiger charge is 2.47. The summed E-state index contributed by atoms with van der Waals surface area (Å²) in [6.45, 7) is 0.102. The molecule has 1 saturated heterocycles. The van der Waals surface area contributed by atoms with Gasteiger partial charge in [-0.3, -0.25) is 9.32 Å². The van der Waals surface area contributed by atoms with Crippen molar-refractivity contribution in [3.8, 4) is 0 Å². The van der Waals surface area contributed by atoms with Crippen molar-refractivity contribution in [2.75, 3.05) is 6.61 Å². The first-order valence-electron chi connectivity index (χ1n) is 7.70. The molecule has 1 aromatic rings. The van der Waals surface area contributed by atoms with Gasteiger partial charge in [-0.2, -0.15) is 8.62 Å². The zero-order valence-corrected chi connectivity index (χ0v) is 17.4. The van der Waals surface area contributed by atoms with Gasteiger partial charge >= 0.3 is 23.5 Å². The van der Waals surface area contributed by atoms with Crippen LogP contribution in [0.5, 0.6) is 0 Å². The number of aliphatic hydroxyl groups is 2. The Morgan fingerprint density at radius 3 is 2.27 bits per heavy atom. The van der Waals surface area contributed by atoms with E-state index in [1.54, 1.807) is 0 Å². The molecule has 6 atom stereocenters. The maximum atomic E-state index is 14.3. The molecule has 7 N–H and O–H groups in total. The smallest absolute Gasteiger partial charge is 0.387 e. The SMILES string of the molecule is Cc1c(F)c([C@@H]2O[C@H](COP(=O)(O)OP(=O)(O)OP(=O)(O)O)C(O)[C@@H]2O)c[nH]c1=O. The number of aromatic nitrogens is 1. The number of rotatable bonds is 8. The lowest BCUT2D eigenvalue weighted by Crippen LogP contribution is -2.33. The van der Waals surface area contributed by atoms with Gasteiger partial charge in [-0.05, 0) is 6.92 Å². The van der Waals surface area contributed by atoms with Gasteiger partial charge in [-0.15, -0.1) is 0 Å². The van der Waals surface area contributed by atoms with E-state index in [0.29, 0.717) is 0 Å². The summed E-state index contributed by atoms with van der Waals surface area (Å²) in [5, 5.41) is 20.1. The average molecular weight is 499 g/mol. The van der Waals surface area contributed by atoms with Crippen LogP contribution in [0.4, 0.5) is 4.39 Å². The van der Waals surface area contributed by atoms with Gasteiger partial charge in [0.25, 0.3) is 5.56 Å². The molecular formula is C11H17FNO14P3. The van der Waals surface area contributed by atoms with Crippen molar-refractivity contribution in [1.82, 2.24) is 4.98 Å². The molecule has 0 bridgehead atoms. The number of halogens is 1. The first-order valence-corrected chi connectivity index (χ1v) is 12.2. The summed E-state index contributed by atoms with van der Waals surface area (Å²) in [5.74, 6) is -1.02. The number of nitrogens with one attached hydrogen (secondary N) is 1. The summed E-state index contributed by atoms with van der Waals surface area (Å²) in [5.41, 5.74) is -1.40. The molecule has 0 aromatic carbocycles. The van der Waals surface area contributed by atoms with Crippen LogP contribution in [0.2, 0.25) is 0 Å². The molecule has 1 aliphatic heterocycles. The Morgan fingerprint density at radius 2 is 1.70 bits per heavy atom. The second kappa shape index (κ2) is 8.96. The first kappa shape index (κ1) is 25.4. The number of aromatic amines is 1. The van der Waals surface area contributed by atoms with Crippen LogP contribution >= 0.6 is 23.5 Å². The van der Waals surface area contributed by atoms with Gasteiger partial charge in [0.15, 0.2) is 0 Å². The highest BCUT2D eigenvalue weighted by molar-refractivity contribution is 7.66. The highest BCUT2D eigenvalue weighted by atomic mass is 31.3. The molecule has 1 fully saturated rings. The molecule has 30 heavy (non-hydrogen) atoms. The normalized spacial score (nSPS) is 28.8. The highest BCUT2D eigenvalue weighted by Crippen LogP contribution is 2.66. The van der Waals surface area contributed by atoms with E-state index in [9.17, 15) is 38.0 Å². The lowest BCUT2D eigenvalue weighted by molar-refractivity contribution is -0.0233. The Labute approximate surface area is 166 Å². The topological polar surface area (TPSA) is 242 Å². The monoisotopic (exact) mass is 499 g/mol. The Bertz CT molecular complexity index is 992.